The molecule has 2 N–H and O–H groups in total. The lowest BCUT2D eigenvalue weighted by Gasteiger charge is -2.10. The molecular formula is C20H19FN4O. The molecule has 6 heteroatoms. The molecule has 0 saturated heterocycles. The quantitative estimate of drug-likeness (QED) is 0.732. The van der Waals surface area contributed by atoms with Crippen LogP contribution in [0.4, 0.5) is 16.0 Å². The van der Waals surface area contributed by atoms with E-state index in [0.29, 0.717) is 17.2 Å². The Bertz CT molecular complexity index is 943. The highest BCUT2D eigenvalue weighted by Gasteiger charge is 2.11. The van der Waals surface area contributed by atoms with Crippen molar-refractivity contribution in [2.75, 3.05) is 5.32 Å². The van der Waals surface area contributed by atoms with Crippen molar-refractivity contribution in [1.82, 2.24) is 15.3 Å². The van der Waals surface area contributed by atoms with Crippen LogP contribution in [0.15, 0.2) is 54.6 Å². The van der Waals surface area contributed by atoms with E-state index in [1.54, 1.807) is 31.2 Å². The van der Waals surface area contributed by atoms with E-state index in [4.69, 9.17) is 0 Å². The molecule has 0 fully saturated rings. The largest absolute Gasteiger partial charge is 0.347 e. The van der Waals surface area contributed by atoms with Crippen LogP contribution in [-0.2, 0) is 6.54 Å². The van der Waals surface area contributed by atoms with Crippen LogP contribution < -0.4 is 10.6 Å². The first-order valence-corrected chi connectivity index (χ1v) is 8.22. The second kappa shape index (κ2) is 7.74. The Morgan fingerprint density at radius 2 is 1.85 bits per heavy atom. The van der Waals surface area contributed by atoms with Gasteiger partial charge in [0, 0.05) is 23.5 Å². The van der Waals surface area contributed by atoms with Crippen LogP contribution in [0.1, 0.15) is 27.3 Å². The number of hydrogen-bond acceptors (Lipinski definition) is 4. The van der Waals surface area contributed by atoms with Crippen LogP contribution in [0.25, 0.3) is 0 Å². The molecule has 0 aliphatic carbocycles. The Morgan fingerprint density at radius 3 is 2.62 bits per heavy atom. The number of nitrogens with zero attached hydrogens (tertiary/aromatic N) is 2. The summed E-state index contributed by atoms with van der Waals surface area (Å²) < 4.78 is 13.7. The van der Waals surface area contributed by atoms with Gasteiger partial charge in [0.15, 0.2) is 0 Å². The number of halogens is 1. The molecule has 0 saturated carbocycles. The molecule has 5 nitrogen and oxygen atoms in total. The molecule has 3 aromatic rings. The van der Waals surface area contributed by atoms with E-state index in [1.807, 2.05) is 31.2 Å². The van der Waals surface area contributed by atoms with Gasteiger partial charge in [-0.3, -0.25) is 4.79 Å². The number of amides is 1. The highest BCUT2D eigenvalue weighted by molar-refractivity contribution is 5.92. The SMILES string of the molecule is Cc1cccc(Nc2nc(C)cc(C(=O)NCc3ccccc3F)n2)c1. The van der Waals surface area contributed by atoms with Crippen LogP contribution >= 0.6 is 0 Å². The van der Waals surface area contributed by atoms with Gasteiger partial charge in [0.25, 0.3) is 5.91 Å². The summed E-state index contributed by atoms with van der Waals surface area (Å²) in [6, 6.07) is 15.7. The number of carbonyl (C=O) groups is 1. The highest BCUT2D eigenvalue weighted by Crippen LogP contribution is 2.15. The zero-order valence-electron chi connectivity index (χ0n) is 14.6. The van der Waals surface area contributed by atoms with Crippen LogP contribution in [0.3, 0.4) is 0 Å². The Labute approximate surface area is 151 Å². The predicted octanol–water partition coefficient (Wildman–Crippen LogP) is 3.91. The Morgan fingerprint density at radius 1 is 1.04 bits per heavy atom. The van der Waals surface area contributed by atoms with Crippen molar-refractivity contribution in [2.45, 2.75) is 20.4 Å². The van der Waals surface area contributed by atoms with Crippen molar-refractivity contribution in [3.05, 3.63) is 82.9 Å². The second-order valence-corrected chi connectivity index (χ2v) is 5.99. The summed E-state index contributed by atoms with van der Waals surface area (Å²) >= 11 is 0. The maximum absolute atomic E-state index is 13.7. The number of carbonyl (C=O) groups excluding carboxylic acids is 1. The first-order valence-electron chi connectivity index (χ1n) is 8.22. The molecule has 0 bridgehead atoms. The monoisotopic (exact) mass is 350 g/mol. The molecule has 0 aliphatic heterocycles. The van der Waals surface area contributed by atoms with E-state index in [0.717, 1.165) is 11.3 Å². The molecule has 1 amide bonds. The first-order chi connectivity index (χ1) is 12.5. The molecule has 0 radical (unpaired) electrons. The lowest BCUT2D eigenvalue weighted by molar-refractivity contribution is 0.0945. The smallest absolute Gasteiger partial charge is 0.270 e. The molecule has 0 unspecified atom stereocenters. The summed E-state index contributed by atoms with van der Waals surface area (Å²) in [4.78, 5) is 21.0. The van der Waals surface area contributed by atoms with Gasteiger partial charge in [-0.1, -0.05) is 30.3 Å². The fourth-order valence-electron chi connectivity index (χ4n) is 2.50. The van der Waals surface area contributed by atoms with Crippen molar-refractivity contribution in [3.8, 4) is 0 Å². The van der Waals surface area contributed by atoms with Gasteiger partial charge in [0.1, 0.15) is 11.5 Å². The molecule has 2 aromatic carbocycles. The zero-order chi connectivity index (χ0) is 18.5. The maximum atomic E-state index is 13.7. The van der Waals surface area contributed by atoms with Gasteiger partial charge >= 0.3 is 0 Å². The minimum Gasteiger partial charge on any atom is -0.347 e. The summed E-state index contributed by atoms with van der Waals surface area (Å²) in [5, 5.41) is 5.79. The van der Waals surface area contributed by atoms with E-state index in [2.05, 4.69) is 20.6 Å². The third kappa shape index (κ3) is 4.42. The lowest BCUT2D eigenvalue weighted by Crippen LogP contribution is -2.25. The van der Waals surface area contributed by atoms with Gasteiger partial charge in [-0.25, -0.2) is 14.4 Å². The Kier molecular flexibility index (Phi) is 5.22. The number of anilines is 2. The van der Waals surface area contributed by atoms with Crippen molar-refractivity contribution in [2.24, 2.45) is 0 Å². The fourth-order valence-corrected chi connectivity index (χ4v) is 2.50. The second-order valence-electron chi connectivity index (χ2n) is 5.99. The average molecular weight is 350 g/mol. The standard InChI is InChI=1S/C20H19FN4O/c1-13-6-5-8-16(10-13)24-20-23-14(2)11-18(25-20)19(26)22-12-15-7-3-4-9-17(15)21/h3-11H,12H2,1-2H3,(H,22,26)(H,23,24,25). The molecule has 0 aliphatic rings. The number of benzene rings is 2. The number of rotatable bonds is 5. The molecular weight excluding hydrogens is 331 g/mol. The van der Waals surface area contributed by atoms with Crippen molar-refractivity contribution < 1.29 is 9.18 Å². The molecule has 1 aromatic heterocycles. The van der Waals surface area contributed by atoms with Crippen molar-refractivity contribution in [3.63, 3.8) is 0 Å². The molecule has 1 heterocycles. The third-order valence-corrected chi connectivity index (χ3v) is 3.76. The van der Waals surface area contributed by atoms with Gasteiger partial charge in [-0.15, -0.1) is 0 Å². The minimum absolute atomic E-state index is 0.0925. The van der Waals surface area contributed by atoms with Gasteiger partial charge < -0.3 is 10.6 Å². The Balaban J connectivity index is 1.74. The van der Waals surface area contributed by atoms with Gasteiger partial charge in [0.2, 0.25) is 5.95 Å². The molecule has 132 valence electrons. The number of aromatic nitrogens is 2. The van der Waals surface area contributed by atoms with E-state index < -0.39 is 0 Å². The summed E-state index contributed by atoms with van der Waals surface area (Å²) in [5.74, 6) is -0.397. The van der Waals surface area contributed by atoms with Crippen LogP contribution in [-0.4, -0.2) is 15.9 Å². The summed E-state index contributed by atoms with van der Waals surface area (Å²) in [7, 11) is 0. The predicted molar refractivity (Wildman–Crippen MR) is 98.8 cm³/mol. The van der Waals surface area contributed by atoms with E-state index >= 15 is 0 Å². The van der Waals surface area contributed by atoms with Crippen molar-refractivity contribution in [1.29, 1.82) is 0 Å². The number of hydrogen-bond donors (Lipinski definition) is 2. The third-order valence-electron chi connectivity index (χ3n) is 3.76. The van der Waals surface area contributed by atoms with E-state index in [1.165, 1.54) is 6.07 Å². The molecule has 0 spiro atoms. The lowest BCUT2D eigenvalue weighted by atomic mass is 10.2. The van der Waals surface area contributed by atoms with Crippen LogP contribution in [0.2, 0.25) is 0 Å². The fraction of sp³-hybridized carbons (Fsp3) is 0.150. The average Bonchev–Trinajstić information content (AvgIpc) is 2.60. The van der Waals surface area contributed by atoms with Gasteiger partial charge in [0.05, 0.1) is 0 Å². The van der Waals surface area contributed by atoms with Crippen molar-refractivity contribution >= 4 is 17.5 Å². The zero-order valence-corrected chi connectivity index (χ0v) is 14.6. The summed E-state index contributed by atoms with van der Waals surface area (Å²) in [5.41, 5.74) is 3.25. The summed E-state index contributed by atoms with van der Waals surface area (Å²) in [6.45, 7) is 3.87. The number of nitrogens with one attached hydrogen (secondary N) is 2. The van der Waals surface area contributed by atoms with Crippen LogP contribution in [0.5, 0.6) is 0 Å². The van der Waals surface area contributed by atoms with E-state index in [-0.39, 0.29) is 24.0 Å². The van der Waals surface area contributed by atoms with Gasteiger partial charge in [-0.2, -0.15) is 0 Å². The maximum Gasteiger partial charge on any atom is 0.270 e. The topological polar surface area (TPSA) is 66.9 Å². The van der Waals surface area contributed by atoms with E-state index in [9.17, 15) is 9.18 Å². The highest BCUT2D eigenvalue weighted by atomic mass is 19.1. The van der Waals surface area contributed by atoms with Gasteiger partial charge in [-0.05, 0) is 43.7 Å². The Hall–Kier alpha value is -3.28. The first kappa shape index (κ1) is 17.5. The minimum atomic E-state index is -0.383. The molecule has 26 heavy (non-hydrogen) atoms. The molecule has 3 rings (SSSR count). The van der Waals surface area contributed by atoms with Crippen LogP contribution in [0, 0.1) is 19.7 Å². The normalized spacial score (nSPS) is 10.4. The summed E-state index contributed by atoms with van der Waals surface area (Å²) in [6.07, 6.45) is 0. The number of aryl methyl sites for hydroxylation is 2. The molecule has 0 atom stereocenters.